The van der Waals surface area contributed by atoms with E-state index in [9.17, 15) is 24.1 Å². The third-order valence-corrected chi connectivity index (χ3v) is 5.27. The van der Waals surface area contributed by atoms with Gasteiger partial charge in [-0.05, 0) is 53.8 Å². The van der Waals surface area contributed by atoms with Crippen LogP contribution < -0.4 is 9.47 Å². The van der Waals surface area contributed by atoms with Crippen LogP contribution in [0, 0.1) is 15.9 Å². The van der Waals surface area contributed by atoms with Crippen LogP contribution in [0.3, 0.4) is 0 Å². The van der Waals surface area contributed by atoms with Crippen molar-refractivity contribution in [1.29, 1.82) is 0 Å². The van der Waals surface area contributed by atoms with E-state index in [-0.39, 0.29) is 38.6 Å². The summed E-state index contributed by atoms with van der Waals surface area (Å²) >= 11 is 0. The highest BCUT2D eigenvalue weighted by molar-refractivity contribution is 5.87. The van der Waals surface area contributed by atoms with E-state index in [1.54, 1.807) is 36.4 Å². The van der Waals surface area contributed by atoms with Crippen molar-refractivity contribution in [2.45, 2.75) is 26.7 Å². The number of esters is 2. The van der Waals surface area contributed by atoms with Gasteiger partial charge >= 0.3 is 11.9 Å². The first-order valence-corrected chi connectivity index (χ1v) is 11.7. The summed E-state index contributed by atoms with van der Waals surface area (Å²) in [6, 6.07) is 18.5. The highest BCUT2D eigenvalue weighted by Crippen LogP contribution is 2.29. The Morgan fingerprint density at radius 3 is 2.41 bits per heavy atom. The van der Waals surface area contributed by atoms with Crippen molar-refractivity contribution >= 4 is 18.0 Å². The van der Waals surface area contributed by atoms with E-state index in [0.29, 0.717) is 29.5 Å². The molecule has 0 aliphatic heterocycles. The van der Waals surface area contributed by atoms with Crippen LogP contribution in [-0.2, 0) is 25.6 Å². The molecular weight excluding hydrogens is 509 g/mol. The second-order valence-electron chi connectivity index (χ2n) is 8.01. The topological polar surface area (TPSA) is 114 Å². The van der Waals surface area contributed by atoms with Crippen molar-refractivity contribution < 1.29 is 38.1 Å². The van der Waals surface area contributed by atoms with Crippen LogP contribution in [0.4, 0.5) is 4.39 Å². The molecule has 10 heteroatoms. The Bertz CT molecular complexity index is 1290. The molecule has 0 fully saturated rings. The lowest BCUT2D eigenvalue weighted by atomic mass is 10.0. The van der Waals surface area contributed by atoms with Gasteiger partial charge in [-0.1, -0.05) is 56.0 Å². The predicted molar refractivity (Wildman–Crippen MR) is 143 cm³/mol. The van der Waals surface area contributed by atoms with Crippen molar-refractivity contribution in [1.82, 2.24) is 0 Å². The number of hydrogen-bond donors (Lipinski definition) is 0. The zero-order valence-corrected chi connectivity index (χ0v) is 20.6. The number of hydrogen-bond acceptors (Lipinski definition) is 8. The number of halogens is 1. The van der Waals surface area contributed by atoms with Crippen molar-refractivity contribution in [2.24, 2.45) is 0 Å². The van der Waals surface area contributed by atoms with E-state index >= 15 is 0 Å². The summed E-state index contributed by atoms with van der Waals surface area (Å²) in [6.07, 6.45) is 3.39. The van der Waals surface area contributed by atoms with Gasteiger partial charge in [-0.15, -0.1) is 10.1 Å². The number of carbonyl (C=O) groups is 2. The number of nitrogens with zero attached hydrogens (tertiary/aromatic N) is 1. The summed E-state index contributed by atoms with van der Waals surface area (Å²) in [4.78, 5) is 38.6. The van der Waals surface area contributed by atoms with E-state index in [4.69, 9.17) is 14.2 Å². The molecule has 0 N–H and O–H groups in total. The van der Waals surface area contributed by atoms with Crippen LogP contribution in [-0.4, -0.2) is 37.3 Å². The predicted octanol–water partition coefficient (Wildman–Crippen LogP) is 5.83. The molecule has 0 amide bonds. The fraction of sp³-hybridized carbons (Fsp3) is 0.241. The van der Waals surface area contributed by atoms with E-state index < -0.39 is 22.8 Å². The summed E-state index contributed by atoms with van der Waals surface area (Å²) < 4.78 is 30.4. The second-order valence-corrected chi connectivity index (χ2v) is 8.01. The minimum atomic E-state index is -0.874. The van der Waals surface area contributed by atoms with Crippen LogP contribution in [0.2, 0.25) is 0 Å². The van der Waals surface area contributed by atoms with E-state index in [1.165, 1.54) is 31.4 Å². The lowest BCUT2D eigenvalue weighted by Gasteiger charge is -2.11. The molecule has 0 saturated heterocycles. The molecular formula is C29H30FNO8. The molecule has 9 nitrogen and oxygen atoms in total. The standard InChI is InChI=1S/C28H26FNO8.CH4/c1-35-26-18-20(11-14-27(31)36-15-5-6-16-37-30(33)34)10-13-25(26)38-28(32)19-21-9-12-23(24(29)17-21)22-7-3-2-4-8-22;/h2-4,7-14,17-18H,5-6,15-16,19H2,1H3;1H4. The van der Waals surface area contributed by atoms with Gasteiger partial charge in [-0.2, -0.15) is 0 Å². The van der Waals surface area contributed by atoms with Gasteiger partial charge in [0.15, 0.2) is 11.5 Å². The van der Waals surface area contributed by atoms with Gasteiger partial charge in [-0.3, -0.25) is 4.79 Å². The normalized spacial score (nSPS) is 10.4. The SMILES string of the molecule is C.COc1cc(C=CC(=O)OCCCCO[N+](=O)[O-])ccc1OC(=O)Cc1ccc(-c2ccccc2)c(F)c1. The first-order chi connectivity index (χ1) is 18.4. The number of ether oxygens (including phenoxy) is 3. The lowest BCUT2D eigenvalue weighted by molar-refractivity contribution is -0.757. The van der Waals surface area contributed by atoms with Crippen molar-refractivity contribution in [3.05, 3.63) is 99.9 Å². The van der Waals surface area contributed by atoms with Gasteiger partial charge in [0, 0.05) is 11.6 Å². The molecule has 0 aliphatic rings. The number of rotatable bonds is 13. The average Bonchev–Trinajstić information content (AvgIpc) is 2.90. The lowest BCUT2D eigenvalue weighted by Crippen LogP contribution is -2.12. The monoisotopic (exact) mass is 539 g/mol. The minimum Gasteiger partial charge on any atom is -0.493 e. The average molecular weight is 540 g/mol. The first-order valence-electron chi connectivity index (χ1n) is 11.7. The van der Waals surface area contributed by atoms with Gasteiger partial charge in [0.05, 0.1) is 26.7 Å². The third kappa shape index (κ3) is 9.92. The molecule has 0 unspecified atom stereocenters. The molecule has 0 atom stereocenters. The van der Waals surface area contributed by atoms with Crippen molar-refractivity contribution in [3.8, 4) is 22.6 Å². The number of methoxy groups -OCH3 is 1. The van der Waals surface area contributed by atoms with Crippen LogP contribution in [0.5, 0.6) is 11.5 Å². The zero-order valence-electron chi connectivity index (χ0n) is 20.6. The zero-order chi connectivity index (χ0) is 27.3. The van der Waals surface area contributed by atoms with Crippen molar-refractivity contribution in [3.63, 3.8) is 0 Å². The number of benzene rings is 3. The second kappa shape index (κ2) is 15.5. The minimum absolute atomic E-state index is 0. The summed E-state index contributed by atoms with van der Waals surface area (Å²) in [5.74, 6) is -1.16. The Balaban J connectivity index is 0.00000533. The summed E-state index contributed by atoms with van der Waals surface area (Å²) in [5.41, 5.74) is 2.25. The first kappa shape index (κ1) is 30.5. The Labute approximate surface area is 225 Å². The molecule has 3 aromatic carbocycles. The van der Waals surface area contributed by atoms with Crippen LogP contribution in [0.25, 0.3) is 17.2 Å². The molecule has 3 aromatic rings. The Morgan fingerprint density at radius 1 is 0.974 bits per heavy atom. The quantitative estimate of drug-likeness (QED) is 0.0666. The molecule has 0 heterocycles. The smallest absolute Gasteiger partial charge is 0.330 e. The molecule has 39 heavy (non-hydrogen) atoms. The molecule has 0 radical (unpaired) electrons. The highest BCUT2D eigenvalue weighted by Gasteiger charge is 2.13. The molecule has 0 aromatic heterocycles. The Hall–Kier alpha value is -4.73. The van der Waals surface area contributed by atoms with E-state index in [2.05, 4.69) is 4.84 Å². The summed E-state index contributed by atoms with van der Waals surface area (Å²) in [7, 11) is 1.41. The highest BCUT2D eigenvalue weighted by atomic mass is 19.1. The molecule has 3 rings (SSSR count). The maximum atomic E-state index is 14.6. The maximum absolute atomic E-state index is 14.6. The van der Waals surface area contributed by atoms with Gasteiger partial charge in [0.25, 0.3) is 5.09 Å². The largest absolute Gasteiger partial charge is 0.493 e. The van der Waals surface area contributed by atoms with Gasteiger partial charge in [0.1, 0.15) is 5.82 Å². The third-order valence-electron chi connectivity index (χ3n) is 5.27. The van der Waals surface area contributed by atoms with Crippen LogP contribution >= 0.6 is 0 Å². The fourth-order valence-corrected chi connectivity index (χ4v) is 3.45. The maximum Gasteiger partial charge on any atom is 0.330 e. The van der Waals surface area contributed by atoms with E-state index in [1.807, 2.05) is 18.2 Å². The van der Waals surface area contributed by atoms with Gasteiger partial charge in [-0.25, -0.2) is 9.18 Å². The van der Waals surface area contributed by atoms with Gasteiger partial charge in [0.2, 0.25) is 0 Å². The fourth-order valence-electron chi connectivity index (χ4n) is 3.45. The molecule has 0 spiro atoms. The van der Waals surface area contributed by atoms with Crippen molar-refractivity contribution in [2.75, 3.05) is 20.3 Å². The Kier molecular flexibility index (Phi) is 12.1. The molecule has 0 aliphatic carbocycles. The van der Waals surface area contributed by atoms with E-state index in [0.717, 1.165) is 5.56 Å². The summed E-state index contributed by atoms with van der Waals surface area (Å²) in [5, 5.41) is 9.19. The molecule has 0 bridgehead atoms. The number of carbonyl (C=O) groups excluding carboxylic acids is 2. The molecule has 206 valence electrons. The molecule has 0 saturated carbocycles. The van der Waals surface area contributed by atoms with Crippen LogP contribution in [0.15, 0.2) is 72.8 Å². The summed E-state index contributed by atoms with van der Waals surface area (Å²) in [6.45, 7) is 0.0376. The van der Waals surface area contributed by atoms with Gasteiger partial charge < -0.3 is 19.0 Å². The number of unbranched alkanes of at least 4 members (excludes halogenated alkanes) is 1. The Morgan fingerprint density at radius 2 is 1.72 bits per heavy atom. The van der Waals surface area contributed by atoms with Crippen LogP contribution in [0.1, 0.15) is 31.4 Å².